The molecule has 9 nitrogen and oxygen atoms in total. The van der Waals surface area contributed by atoms with E-state index in [9.17, 15) is 9.59 Å². The van der Waals surface area contributed by atoms with Gasteiger partial charge in [-0.25, -0.2) is 4.79 Å². The maximum absolute atomic E-state index is 12.4. The van der Waals surface area contributed by atoms with Crippen molar-refractivity contribution in [3.8, 4) is 11.5 Å². The van der Waals surface area contributed by atoms with E-state index in [1.165, 1.54) is 13.1 Å². The molecule has 2 atom stereocenters. The first-order chi connectivity index (χ1) is 19.7. The van der Waals surface area contributed by atoms with Gasteiger partial charge in [0.2, 0.25) is 0 Å². The Labute approximate surface area is 253 Å². The monoisotopic (exact) mass is 608 g/mol. The predicted octanol–water partition coefficient (Wildman–Crippen LogP) is 3.69. The summed E-state index contributed by atoms with van der Waals surface area (Å²) < 4.78 is 10.9. The fourth-order valence-electron chi connectivity index (χ4n) is 4.72. The molecule has 2 N–H and O–H groups in total. The number of rotatable bonds is 2. The molecule has 0 bridgehead atoms. The van der Waals surface area contributed by atoms with Crippen molar-refractivity contribution in [2.45, 2.75) is 38.9 Å². The molecule has 41 heavy (non-hydrogen) atoms. The van der Waals surface area contributed by atoms with Crippen LogP contribution in [-0.2, 0) is 22.4 Å². The number of hydrogen-bond donors (Lipinski definition) is 2. The average molecular weight is 610 g/mol. The summed E-state index contributed by atoms with van der Waals surface area (Å²) in [6.45, 7) is 12.2. The Kier molecular flexibility index (Phi) is 13.0. The number of carboxylic acid groups (broad SMARTS) is 1. The Morgan fingerprint density at radius 3 is 1.71 bits per heavy atom. The number of amides is 1. The summed E-state index contributed by atoms with van der Waals surface area (Å²) >= 11 is 11.7. The number of aliphatic carboxylic acids is 1. The Bertz CT molecular complexity index is 1150. The first kappa shape index (κ1) is 32.9. The van der Waals surface area contributed by atoms with Gasteiger partial charge in [-0.2, -0.15) is 0 Å². The lowest BCUT2D eigenvalue weighted by molar-refractivity contribution is -0.144. The second kappa shape index (κ2) is 16.2. The summed E-state index contributed by atoms with van der Waals surface area (Å²) in [6, 6.07) is 10.6. The van der Waals surface area contributed by atoms with E-state index in [4.69, 9.17) is 37.8 Å². The van der Waals surface area contributed by atoms with Gasteiger partial charge in [0.05, 0.1) is 0 Å². The molecule has 1 amide bonds. The maximum atomic E-state index is 12.4. The molecule has 2 fully saturated rings. The molecule has 4 heterocycles. The van der Waals surface area contributed by atoms with Crippen LogP contribution in [0.1, 0.15) is 25.0 Å². The molecule has 2 saturated heterocycles. The van der Waals surface area contributed by atoms with Crippen LogP contribution in [0, 0.1) is 0 Å². The summed E-state index contributed by atoms with van der Waals surface area (Å²) in [5.74, 6) is 0.571. The van der Waals surface area contributed by atoms with Gasteiger partial charge in [-0.15, -0.1) is 0 Å². The van der Waals surface area contributed by atoms with E-state index in [1.807, 2.05) is 30.9 Å². The van der Waals surface area contributed by atoms with E-state index in [-0.39, 0.29) is 12.0 Å². The molecule has 0 radical (unpaired) electrons. The highest BCUT2D eigenvalue weighted by Gasteiger charge is 2.33. The third-order valence-corrected chi connectivity index (χ3v) is 7.57. The first-order valence-corrected chi connectivity index (χ1v) is 14.9. The summed E-state index contributed by atoms with van der Waals surface area (Å²) in [6.07, 6.45) is -0.114. The zero-order valence-electron chi connectivity index (χ0n) is 24.4. The number of carbonyl (C=O) groups is 2. The summed E-state index contributed by atoms with van der Waals surface area (Å²) in [5.41, 5.74) is 1.89. The van der Waals surface area contributed by atoms with Crippen LogP contribution >= 0.6 is 23.2 Å². The molecule has 6 rings (SSSR count). The van der Waals surface area contributed by atoms with Crippen LogP contribution in [0.15, 0.2) is 36.4 Å². The average Bonchev–Trinajstić information content (AvgIpc) is 3.59. The molecule has 226 valence electrons. The van der Waals surface area contributed by atoms with Gasteiger partial charge in [0, 0.05) is 75.2 Å². The normalized spacial score (nSPS) is 21.3. The van der Waals surface area contributed by atoms with Crippen molar-refractivity contribution >= 4 is 35.1 Å². The number of nitrogens with one attached hydrogen (secondary N) is 1. The molecule has 4 aliphatic rings. The van der Waals surface area contributed by atoms with Gasteiger partial charge in [0.25, 0.3) is 5.91 Å². The van der Waals surface area contributed by atoms with Gasteiger partial charge >= 0.3 is 5.97 Å². The molecule has 4 aliphatic heterocycles. The predicted molar refractivity (Wildman–Crippen MR) is 163 cm³/mol. The molecule has 0 aromatic heterocycles. The number of ether oxygens (including phenoxy) is 2. The quantitative estimate of drug-likeness (QED) is 0.533. The van der Waals surface area contributed by atoms with Crippen LogP contribution in [0.3, 0.4) is 0 Å². The number of nitrogens with zero attached hydrogens (tertiary/aromatic N) is 3. The van der Waals surface area contributed by atoms with E-state index >= 15 is 0 Å². The van der Waals surface area contributed by atoms with Gasteiger partial charge in [0.1, 0.15) is 11.5 Å². The van der Waals surface area contributed by atoms with E-state index in [1.54, 1.807) is 24.3 Å². The standard InChI is InChI=1S/C14H17ClN2O2.C9H7ClO3.C5H12N2.C2H6/c1-16-4-6-17(7-5-16)14(18)13-9-10-8-11(15)2-3-12(10)19-13;10-6-1-2-7-5(3-6)4-8(13-7)9(11)12;1-7-4-2-6-3-5-7;1-2/h2-3,8,13H,4-7,9H2,1H3;1-3,8H,4H2,(H,11,12);6H,2-5H2,1H3;1-2H3. The lowest BCUT2D eigenvalue weighted by Crippen LogP contribution is -2.51. The van der Waals surface area contributed by atoms with Crippen molar-refractivity contribution < 1.29 is 24.2 Å². The third-order valence-electron chi connectivity index (χ3n) is 7.10. The Hall–Kier alpha value is -2.56. The summed E-state index contributed by atoms with van der Waals surface area (Å²) in [5, 5.41) is 13.3. The van der Waals surface area contributed by atoms with E-state index in [0.717, 1.165) is 56.1 Å². The summed E-state index contributed by atoms with van der Waals surface area (Å²) in [7, 11) is 4.23. The lowest BCUT2D eigenvalue weighted by Gasteiger charge is -2.33. The SMILES string of the molecule is CC.CN1CCN(C(=O)C2Cc3cc(Cl)ccc3O2)CC1.CN1CCNCC1.O=C(O)C1Cc2cc(Cl)ccc2O1. The minimum absolute atomic E-state index is 0.0976. The van der Waals surface area contributed by atoms with Gasteiger partial charge in [-0.1, -0.05) is 37.0 Å². The molecule has 0 saturated carbocycles. The molecule has 0 spiro atoms. The van der Waals surface area contributed by atoms with Crippen LogP contribution in [0.4, 0.5) is 0 Å². The van der Waals surface area contributed by atoms with Crippen LogP contribution in [-0.4, -0.2) is 110 Å². The number of hydrogen-bond acceptors (Lipinski definition) is 7. The van der Waals surface area contributed by atoms with Crippen molar-refractivity contribution in [2.24, 2.45) is 0 Å². The number of halogens is 2. The largest absolute Gasteiger partial charge is 0.480 e. The zero-order valence-corrected chi connectivity index (χ0v) is 25.9. The van der Waals surface area contributed by atoms with Crippen molar-refractivity contribution in [3.05, 3.63) is 57.6 Å². The fraction of sp³-hybridized carbons (Fsp3) is 0.533. The number of carboxylic acids is 1. The van der Waals surface area contributed by atoms with E-state index in [2.05, 4.69) is 29.2 Å². The minimum Gasteiger partial charge on any atom is -0.480 e. The fourth-order valence-corrected chi connectivity index (χ4v) is 5.11. The molecule has 0 aliphatic carbocycles. The van der Waals surface area contributed by atoms with E-state index < -0.39 is 12.1 Å². The van der Waals surface area contributed by atoms with Crippen molar-refractivity contribution in [3.63, 3.8) is 0 Å². The molecule has 11 heteroatoms. The van der Waals surface area contributed by atoms with Crippen LogP contribution < -0.4 is 14.8 Å². The zero-order chi connectivity index (χ0) is 29.9. The highest BCUT2D eigenvalue weighted by atomic mass is 35.5. The molecular weight excluding hydrogens is 567 g/mol. The van der Waals surface area contributed by atoms with Crippen molar-refractivity contribution in [1.82, 2.24) is 20.0 Å². The molecule has 2 unspecified atom stereocenters. The smallest absolute Gasteiger partial charge is 0.345 e. The molecule has 2 aromatic carbocycles. The molecular formula is C30H42Cl2N4O5. The number of likely N-dealkylation sites (N-methyl/N-ethyl adjacent to an activating group) is 2. The highest BCUT2D eigenvalue weighted by Crippen LogP contribution is 2.32. The molecule has 2 aromatic rings. The van der Waals surface area contributed by atoms with Gasteiger partial charge in [-0.05, 0) is 61.6 Å². The number of fused-ring (bicyclic) bond motifs is 2. The maximum Gasteiger partial charge on any atom is 0.345 e. The Morgan fingerprint density at radius 1 is 0.780 bits per heavy atom. The highest BCUT2D eigenvalue weighted by molar-refractivity contribution is 6.31. The third kappa shape index (κ3) is 9.75. The van der Waals surface area contributed by atoms with E-state index in [0.29, 0.717) is 28.6 Å². The summed E-state index contributed by atoms with van der Waals surface area (Å²) in [4.78, 5) is 29.5. The van der Waals surface area contributed by atoms with Crippen molar-refractivity contribution in [1.29, 1.82) is 0 Å². The second-order valence-corrected chi connectivity index (χ2v) is 11.0. The van der Waals surface area contributed by atoms with Gasteiger partial charge in [0.15, 0.2) is 12.2 Å². The van der Waals surface area contributed by atoms with Gasteiger partial charge in [-0.3, -0.25) is 4.79 Å². The minimum atomic E-state index is -0.938. The second-order valence-electron chi connectivity index (χ2n) is 10.1. The lowest BCUT2D eigenvalue weighted by atomic mass is 10.1. The van der Waals surface area contributed by atoms with Crippen LogP contribution in [0.25, 0.3) is 0 Å². The first-order valence-electron chi connectivity index (χ1n) is 14.2. The Balaban J connectivity index is 0.000000181. The Morgan fingerprint density at radius 2 is 1.24 bits per heavy atom. The van der Waals surface area contributed by atoms with Crippen molar-refractivity contribution in [2.75, 3.05) is 66.5 Å². The number of carbonyl (C=O) groups excluding carboxylic acids is 1. The topological polar surface area (TPSA) is 94.6 Å². The van der Waals surface area contributed by atoms with Crippen LogP contribution in [0.5, 0.6) is 11.5 Å². The van der Waals surface area contributed by atoms with Crippen LogP contribution in [0.2, 0.25) is 10.0 Å². The number of piperazine rings is 2. The number of benzene rings is 2. The van der Waals surface area contributed by atoms with Gasteiger partial charge < -0.3 is 34.6 Å².